The summed E-state index contributed by atoms with van der Waals surface area (Å²) in [6.45, 7) is 0. The van der Waals surface area contributed by atoms with Gasteiger partial charge in [0.2, 0.25) is 5.01 Å². The van der Waals surface area contributed by atoms with Crippen LogP contribution in [0.4, 0.5) is 5.69 Å². The summed E-state index contributed by atoms with van der Waals surface area (Å²) in [4.78, 5) is 19.7. The Bertz CT molecular complexity index is 1120. The van der Waals surface area contributed by atoms with Crippen molar-refractivity contribution in [1.82, 2.24) is 25.5 Å². The molecule has 4 aliphatic rings. The zero-order valence-electron chi connectivity index (χ0n) is 16.7. The largest absolute Gasteiger partial charge is 0.390 e. The van der Waals surface area contributed by atoms with Crippen LogP contribution in [-0.2, 0) is 0 Å². The average Bonchev–Trinajstić information content (AvgIpc) is 3.38. The number of carbonyl (C=O) groups is 1. The summed E-state index contributed by atoms with van der Waals surface area (Å²) >= 11 is 1.27. The minimum atomic E-state index is -0.458. The van der Waals surface area contributed by atoms with E-state index in [1.807, 2.05) is 12.3 Å². The first-order chi connectivity index (χ1) is 14.5. The van der Waals surface area contributed by atoms with Gasteiger partial charge in [-0.1, -0.05) is 11.3 Å². The second-order valence-corrected chi connectivity index (χ2v) is 10.1. The van der Waals surface area contributed by atoms with E-state index in [0.29, 0.717) is 33.8 Å². The van der Waals surface area contributed by atoms with Crippen molar-refractivity contribution in [3.8, 4) is 10.6 Å². The van der Waals surface area contributed by atoms with Crippen LogP contribution < -0.4 is 10.6 Å². The van der Waals surface area contributed by atoms with E-state index in [1.165, 1.54) is 24.2 Å². The molecular formula is C21H24N6O2S. The number of pyridine rings is 1. The van der Waals surface area contributed by atoms with Crippen molar-refractivity contribution in [3.63, 3.8) is 0 Å². The van der Waals surface area contributed by atoms with Crippen LogP contribution in [0.5, 0.6) is 0 Å². The molecule has 4 saturated carbocycles. The first-order valence-electron chi connectivity index (χ1n) is 10.5. The molecule has 30 heavy (non-hydrogen) atoms. The van der Waals surface area contributed by atoms with Gasteiger partial charge in [-0.2, -0.15) is 0 Å². The third-order valence-electron chi connectivity index (χ3n) is 7.22. The van der Waals surface area contributed by atoms with Crippen LogP contribution >= 0.6 is 11.3 Å². The van der Waals surface area contributed by atoms with E-state index in [2.05, 4.69) is 30.8 Å². The molecule has 4 N–H and O–H groups in total. The monoisotopic (exact) mass is 424 g/mol. The highest BCUT2D eigenvalue weighted by molar-refractivity contribution is 7.16. The molecule has 4 aliphatic carbocycles. The van der Waals surface area contributed by atoms with E-state index in [0.717, 1.165) is 41.5 Å². The van der Waals surface area contributed by atoms with Crippen LogP contribution in [0.1, 0.15) is 41.9 Å². The number of aromatic amines is 1. The maximum absolute atomic E-state index is 12.0. The van der Waals surface area contributed by atoms with E-state index in [-0.39, 0.29) is 5.91 Å². The van der Waals surface area contributed by atoms with E-state index < -0.39 is 5.60 Å². The van der Waals surface area contributed by atoms with Gasteiger partial charge < -0.3 is 20.7 Å². The third-order valence-corrected chi connectivity index (χ3v) is 8.17. The lowest BCUT2D eigenvalue weighted by molar-refractivity contribution is -0.129. The van der Waals surface area contributed by atoms with Crippen LogP contribution in [0.25, 0.3) is 21.6 Å². The third kappa shape index (κ3) is 2.75. The second kappa shape index (κ2) is 6.49. The summed E-state index contributed by atoms with van der Waals surface area (Å²) in [7, 11) is 1.59. The van der Waals surface area contributed by atoms with Crippen molar-refractivity contribution < 1.29 is 9.90 Å². The number of anilines is 1. The molecule has 4 bridgehead atoms. The Kier molecular flexibility index (Phi) is 3.95. The molecule has 1 amide bonds. The molecule has 0 saturated heterocycles. The van der Waals surface area contributed by atoms with E-state index >= 15 is 0 Å². The molecule has 4 fully saturated rings. The maximum atomic E-state index is 12.0. The predicted molar refractivity (Wildman–Crippen MR) is 114 cm³/mol. The Labute approximate surface area is 177 Å². The number of carbonyl (C=O) groups excluding carboxylic acids is 1. The molecule has 0 radical (unpaired) electrons. The highest BCUT2D eigenvalue weighted by Gasteiger charge is 2.54. The molecule has 7 rings (SSSR count). The smallest absolute Gasteiger partial charge is 0.282 e. The van der Waals surface area contributed by atoms with Gasteiger partial charge in [0.25, 0.3) is 5.91 Å². The van der Waals surface area contributed by atoms with Crippen molar-refractivity contribution in [1.29, 1.82) is 0 Å². The molecule has 3 aromatic rings. The molecule has 5 atom stereocenters. The zero-order valence-corrected chi connectivity index (χ0v) is 17.5. The normalized spacial score (nSPS) is 31.9. The number of amides is 1. The summed E-state index contributed by atoms with van der Waals surface area (Å²) < 4.78 is 0. The molecule has 3 heterocycles. The summed E-state index contributed by atoms with van der Waals surface area (Å²) in [6, 6.07) is 2.35. The minimum absolute atomic E-state index is 0.238. The first-order valence-corrected chi connectivity index (χ1v) is 11.4. The molecule has 8 nitrogen and oxygen atoms in total. The lowest BCUT2D eigenvalue weighted by atomic mass is 9.52. The van der Waals surface area contributed by atoms with Gasteiger partial charge in [-0.3, -0.25) is 4.79 Å². The van der Waals surface area contributed by atoms with Crippen LogP contribution in [0, 0.1) is 17.8 Å². The predicted octanol–water partition coefficient (Wildman–Crippen LogP) is 2.79. The van der Waals surface area contributed by atoms with Gasteiger partial charge in [-0.05, 0) is 55.9 Å². The SMILES string of the molecule is CNC(=O)c1nnc(-c2cnc3[nH]ccc3c2N[C@H]2[C@@H]3CC4C[C@H]2C[C@@](O)(C4)C3)s1. The molecule has 0 aliphatic heterocycles. The van der Waals surface area contributed by atoms with Crippen molar-refractivity contribution in [2.24, 2.45) is 17.8 Å². The van der Waals surface area contributed by atoms with Crippen molar-refractivity contribution in [2.45, 2.75) is 43.7 Å². The Morgan fingerprint density at radius 2 is 2.07 bits per heavy atom. The number of nitrogens with one attached hydrogen (secondary N) is 3. The van der Waals surface area contributed by atoms with E-state index in [9.17, 15) is 9.90 Å². The molecule has 0 aromatic carbocycles. The van der Waals surface area contributed by atoms with Gasteiger partial charge in [0.05, 0.1) is 16.9 Å². The minimum Gasteiger partial charge on any atom is -0.390 e. The number of hydrogen-bond donors (Lipinski definition) is 4. The summed E-state index contributed by atoms with van der Waals surface area (Å²) in [6.07, 6.45) is 8.81. The number of hydrogen-bond acceptors (Lipinski definition) is 7. The molecular weight excluding hydrogens is 400 g/mol. The highest BCUT2D eigenvalue weighted by Crippen LogP contribution is 2.56. The van der Waals surface area contributed by atoms with Crippen molar-refractivity contribution in [2.75, 3.05) is 12.4 Å². The Morgan fingerprint density at radius 3 is 2.80 bits per heavy atom. The second-order valence-electron chi connectivity index (χ2n) is 9.14. The quantitative estimate of drug-likeness (QED) is 0.512. The lowest BCUT2D eigenvalue weighted by Crippen LogP contribution is -2.59. The van der Waals surface area contributed by atoms with Gasteiger partial charge >= 0.3 is 0 Å². The summed E-state index contributed by atoms with van der Waals surface area (Å²) in [5, 5.41) is 27.8. The maximum Gasteiger partial charge on any atom is 0.282 e. The molecule has 0 spiro atoms. The first kappa shape index (κ1) is 18.3. The topological polar surface area (TPSA) is 116 Å². The Hall–Kier alpha value is -2.52. The van der Waals surface area contributed by atoms with Gasteiger partial charge in [-0.15, -0.1) is 10.2 Å². The Morgan fingerprint density at radius 1 is 1.27 bits per heavy atom. The van der Waals surface area contributed by atoms with Crippen molar-refractivity contribution in [3.05, 3.63) is 23.5 Å². The number of rotatable bonds is 4. The lowest BCUT2D eigenvalue weighted by Gasteiger charge is -2.58. The van der Waals surface area contributed by atoms with Gasteiger partial charge in [-0.25, -0.2) is 4.98 Å². The number of nitrogens with zero attached hydrogens (tertiary/aromatic N) is 3. The number of aliphatic hydroxyl groups is 1. The molecule has 9 heteroatoms. The van der Waals surface area contributed by atoms with E-state index in [4.69, 9.17) is 0 Å². The standard InChI is InChI=1S/C21H24N6O2S/c1-22-18(28)20-27-26-19(30-20)14-9-24-17-13(2-3-23-17)16(14)25-15-11-4-10-5-12(15)8-21(29,6-10)7-11/h2-3,9-12,15,29H,4-8H2,1H3,(H,22,28)(H2,23,24,25)/t10?,11-,12+,15+,21-. The zero-order chi connectivity index (χ0) is 20.5. The molecule has 156 valence electrons. The van der Waals surface area contributed by atoms with Gasteiger partial charge in [0, 0.05) is 30.9 Å². The summed E-state index contributed by atoms with van der Waals surface area (Å²) in [5.74, 6) is 1.38. The number of fused-ring (bicyclic) bond motifs is 1. The fourth-order valence-corrected chi connectivity index (χ4v) is 7.05. The average molecular weight is 425 g/mol. The van der Waals surface area contributed by atoms with Gasteiger partial charge in [0.1, 0.15) is 5.65 Å². The van der Waals surface area contributed by atoms with Gasteiger partial charge in [0.15, 0.2) is 5.01 Å². The number of H-pyrrole nitrogens is 1. The fraction of sp³-hybridized carbons (Fsp3) is 0.524. The summed E-state index contributed by atoms with van der Waals surface area (Å²) in [5.41, 5.74) is 2.22. The number of aromatic nitrogens is 4. The van der Waals surface area contributed by atoms with Crippen LogP contribution in [0.2, 0.25) is 0 Å². The fourth-order valence-electron chi connectivity index (χ4n) is 6.24. The highest BCUT2D eigenvalue weighted by atomic mass is 32.1. The van der Waals surface area contributed by atoms with Crippen LogP contribution in [0.15, 0.2) is 18.5 Å². The van der Waals surface area contributed by atoms with Crippen LogP contribution in [-0.4, -0.2) is 49.9 Å². The van der Waals surface area contributed by atoms with Crippen molar-refractivity contribution >= 4 is 34.0 Å². The molecule has 1 unspecified atom stereocenters. The Balaban J connectivity index is 1.40. The molecule has 3 aromatic heterocycles. The van der Waals surface area contributed by atoms with Crippen LogP contribution in [0.3, 0.4) is 0 Å². The van der Waals surface area contributed by atoms with E-state index in [1.54, 1.807) is 13.2 Å².